The van der Waals surface area contributed by atoms with Gasteiger partial charge in [-0.15, -0.1) is 0 Å². The van der Waals surface area contributed by atoms with E-state index in [9.17, 15) is 19.2 Å². The number of H-pyrrole nitrogens is 4. The number of nitrogens with zero attached hydrogens (tertiary/aromatic N) is 4. The first-order valence-corrected chi connectivity index (χ1v) is 21.9. The average molecular weight is 868 g/mol. The van der Waals surface area contributed by atoms with Crippen molar-refractivity contribution in [3.63, 3.8) is 0 Å². The van der Waals surface area contributed by atoms with Crippen LogP contribution in [-0.2, 0) is 32.7 Å². The molecular weight excluding hydrogens is 787 g/mol. The maximum atomic E-state index is 11.7. The molecule has 6 rings (SSSR count). The molecule has 0 saturated heterocycles. The fourth-order valence-electron chi connectivity index (χ4n) is 6.47. The molecule has 63 heavy (non-hydrogen) atoms. The van der Waals surface area contributed by atoms with Crippen molar-refractivity contribution in [1.29, 1.82) is 0 Å². The molecule has 13 heteroatoms. The Bertz CT molecular complexity index is 2380. The largest absolute Gasteiger partial charge is 0.326 e. The van der Waals surface area contributed by atoms with E-state index < -0.39 is 0 Å². The van der Waals surface area contributed by atoms with Gasteiger partial charge in [0.2, 0.25) is 0 Å². The van der Waals surface area contributed by atoms with E-state index in [1.165, 1.54) is 12.4 Å². The molecule has 0 fully saturated rings. The van der Waals surface area contributed by atoms with Crippen molar-refractivity contribution in [3.05, 3.63) is 125 Å². The summed E-state index contributed by atoms with van der Waals surface area (Å²) in [5.41, 5.74) is 6.53. The number of imidazole rings is 2. The number of para-hydroxylation sites is 4. The number of hydrogen-bond acceptors (Lipinski definition) is 6. The minimum atomic E-state index is -0.184. The molecule has 12 nitrogen and oxygen atoms in total. The van der Waals surface area contributed by atoms with Crippen LogP contribution >= 0.6 is 0 Å². The van der Waals surface area contributed by atoms with Gasteiger partial charge in [0.15, 0.2) is 0 Å². The zero-order valence-corrected chi connectivity index (χ0v) is 42.8. The fourth-order valence-corrected chi connectivity index (χ4v) is 6.47. The van der Waals surface area contributed by atoms with Crippen molar-refractivity contribution in [2.45, 2.75) is 185 Å². The Kier molecular flexibility index (Phi) is 20.6. The van der Waals surface area contributed by atoms with Crippen LogP contribution in [0.15, 0.2) is 80.1 Å². The maximum absolute atomic E-state index is 11.7. The molecule has 4 N–H and O–H groups in total. The highest BCUT2D eigenvalue weighted by atomic mass is 16.2. The molecule has 4 heterocycles. The third-order valence-electron chi connectivity index (χ3n) is 9.03. The van der Waals surface area contributed by atoms with Crippen molar-refractivity contribution in [2.24, 2.45) is 0 Å². The quantitative estimate of drug-likeness (QED) is 0.111. The lowest BCUT2D eigenvalue weighted by molar-refractivity contribution is 0.397. The monoisotopic (exact) mass is 868 g/mol. The molecule has 347 valence electrons. The van der Waals surface area contributed by atoms with E-state index in [0.717, 1.165) is 44.8 Å². The van der Waals surface area contributed by atoms with Crippen LogP contribution in [0.3, 0.4) is 0 Å². The molecule has 0 unspecified atom stereocenters. The molecule has 0 aliphatic carbocycles. The molecule has 0 bridgehead atoms. The van der Waals surface area contributed by atoms with Gasteiger partial charge in [0.1, 0.15) is 0 Å². The van der Waals surface area contributed by atoms with E-state index in [2.05, 4.69) is 113 Å². The van der Waals surface area contributed by atoms with Gasteiger partial charge in [0.05, 0.1) is 45.8 Å². The molecule has 3 radical (unpaired) electrons. The second-order valence-corrected chi connectivity index (χ2v) is 20.8. The summed E-state index contributed by atoms with van der Waals surface area (Å²) in [4.78, 5) is 66.0. The minimum Gasteiger partial charge on any atom is -0.323 e. The zero-order chi connectivity index (χ0) is 48.4. The van der Waals surface area contributed by atoms with Crippen LogP contribution in [0.2, 0.25) is 0 Å². The Hall–Kier alpha value is -5.20. The van der Waals surface area contributed by atoms with Gasteiger partial charge in [-0.05, 0) is 65.8 Å². The van der Waals surface area contributed by atoms with Crippen molar-refractivity contribution < 1.29 is 0 Å². The number of aromatic nitrogens is 8. The third-order valence-corrected chi connectivity index (χ3v) is 9.03. The standard InChI is InChI=1S/2C12H20N2O.2C11H14N2O.2C2H6.B/c2*1-11(2,3)9-10(12(4,5)6)14-8(15)7-13-9;2*1-11(2,3)13-9-7-5-4-6-8(9)12-10(13)14;2*1-2;/h2*7H,1-6H3,(H,14,15);2*4-7H,1-3H3,(H,12,14);2*1-2H3;. The summed E-state index contributed by atoms with van der Waals surface area (Å²) in [5.74, 6) is 0. The highest BCUT2D eigenvalue weighted by Crippen LogP contribution is 2.31. The van der Waals surface area contributed by atoms with Crippen molar-refractivity contribution in [1.82, 2.24) is 39.0 Å². The summed E-state index contributed by atoms with van der Waals surface area (Å²) in [6.45, 7) is 45.2. The Morgan fingerprint density at radius 1 is 0.413 bits per heavy atom. The van der Waals surface area contributed by atoms with Gasteiger partial charge in [-0.1, -0.05) is 135 Å². The summed E-state index contributed by atoms with van der Waals surface area (Å²) in [6.07, 6.45) is 2.71. The van der Waals surface area contributed by atoms with Crippen LogP contribution in [0.25, 0.3) is 22.1 Å². The Labute approximate surface area is 378 Å². The summed E-state index contributed by atoms with van der Waals surface area (Å²) in [7, 11) is 0. The lowest BCUT2D eigenvalue weighted by atomic mass is 9.81. The smallest absolute Gasteiger partial charge is 0.323 e. The van der Waals surface area contributed by atoms with Crippen LogP contribution in [0.4, 0.5) is 0 Å². The Balaban J connectivity index is 0.000000787. The molecule has 4 aromatic heterocycles. The molecular formula is C50H80BN8O4. The molecule has 0 spiro atoms. The van der Waals surface area contributed by atoms with Crippen LogP contribution < -0.4 is 22.5 Å². The van der Waals surface area contributed by atoms with Gasteiger partial charge in [0, 0.05) is 52.5 Å². The maximum Gasteiger partial charge on any atom is 0.326 e. The molecule has 0 amide bonds. The van der Waals surface area contributed by atoms with E-state index in [4.69, 9.17) is 0 Å². The second kappa shape index (κ2) is 22.4. The van der Waals surface area contributed by atoms with Crippen molar-refractivity contribution >= 4 is 30.5 Å². The Morgan fingerprint density at radius 3 is 0.921 bits per heavy atom. The average Bonchev–Trinajstić information content (AvgIpc) is 3.68. The number of rotatable bonds is 0. The lowest BCUT2D eigenvalue weighted by Gasteiger charge is -2.27. The second-order valence-electron chi connectivity index (χ2n) is 20.8. The first-order chi connectivity index (χ1) is 28.2. The first-order valence-electron chi connectivity index (χ1n) is 21.9. The van der Waals surface area contributed by atoms with Crippen molar-refractivity contribution in [3.8, 4) is 0 Å². The summed E-state index contributed by atoms with van der Waals surface area (Å²) in [6, 6.07) is 15.5. The van der Waals surface area contributed by atoms with Gasteiger partial charge in [-0.25, -0.2) is 9.59 Å². The van der Waals surface area contributed by atoms with Crippen molar-refractivity contribution in [2.75, 3.05) is 0 Å². The summed E-state index contributed by atoms with van der Waals surface area (Å²) < 4.78 is 3.56. The zero-order valence-electron chi connectivity index (χ0n) is 42.8. The SMILES string of the molecule is CC.CC.CC(C)(C)c1ncc(=O)[nH]c1C(C)(C)C.CC(C)(C)c1ncc(=O)[nH]c1C(C)(C)C.CC(C)(C)n1c(=O)[nH]c2ccccc21.CC(C)(C)n1c(=O)[nH]c2ccccc21.[B]. The van der Waals surface area contributed by atoms with Gasteiger partial charge in [-0.3, -0.25) is 28.7 Å². The number of benzene rings is 2. The minimum absolute atomic E-state index is 0. The molecule has 0 aliphatic rings. The number of aromatic amines is 4. The Morgan fingerprint density at radius 2 is 0.683 bits per heavy atom. The van der Waals surface area contributed by atoms with Gasteiger partial charge in [-0.2, -0.15) is 0 Å². The topological polar surface area (TPSA) is 167 Å². The van der Waals surface area contributed by atoms with E-state index in [1.54, 1.807) is 9.13 Å². The molecule has 0 saturated carbocycles. The van der Waals surface area contributed by atoms with Crippen LogP contribution in [0, 0.1) is 0 Å². The number of nitrogens with one attached hydrogen (secondary N) is 4. The normalized spacial score (nSPS) is 11.8. The predicted molar refractivity (Wildman–Crippen MR) is 268 cm³/mol. The molecule has 6 aromatic rings. The van der Waals surface area contributed by atoms with Gasteiger partial charge >= 0.3 is 11.4 Å². The van der Waals surface area contributed by atoms with E-state index >= 15 is 0 Å². The third kappa shape index (κ3) is 16.1. The van der Waals surface area contributed by atoms with Gasteiger partial charge < -0.3 is 19.9 Å². The summed E-state index contributed by atoms with van der Waals surface area (Å²) in [5, 5.41) is 0. The molecule has 0 atom stereocenters. The van der Waals surface area contributed by atoms with E-state index in [1.807, 2.05) is 118 Å². The first kappa shape index (κ1) is 57.8. The van der Waals surface area contributed by atoms with Crippen LogP contribution in [0.1, 0.15) is 175 Å². The highest BCUT2D eigenvalue weighted by molar-refractivity contribution is 5.76. The summed E-state index contributed by atoms with van der Waals surface area (Å²) >= 11 is 0. The van der Waals surface area contributed by atoms with Crippen LogP contribution in [0.5, 0.6) is 0 Å². The number of fused-ring (bicyclic) bond motifs is 2. The van der Waals surface area contributed by atoms with Crippen LogP contribution in [-0.4, -0.2) is 47.5 Å². The van der Waals surface area contributed by atoms with E-state index in [-0.39, 0.29) is 63.6 Å². The molecule has 2 aromatic carbocycles. The van der Waals surface area contributed by atoms with E-state index in [0.29, 0.717) is 0 Å². The lowest BCUT2D eigenvalue weighted by Crippen LogP contribution is -2.31. The van der Waals surface area contributed by atoms with Gasteiger partial charge in [0.25, 0.3) is 11.1 Å². The molecule has 0 aliphatic heterocycles. The fraction of sp³-hybridized carbons (Fsp3) is 0.560. The highest BCUT2D eigenvalue weighted by Gasteiger charge is 2.28. The number of hydrogen-bond donors (Lipinski definition) is 4. The predicted octanol–water partition coefficient (Wildman–Crippen LogP) is 10.6.